The van der Waals surface area contributed by atoms with Crippen molar-refractivity contribution in [3.05, 3.63) is 41.7 Å². The molecule has 1 heterocycles. The number of rotatable bonds is 1. The molecule has 0 radical (unpaired) electrons. The van der Waals surface area contributed by atoms with Gasteiger partial charge in [-0.25, -0.2) is 4.68 Å². The van der Waals surface area contributed by atoms with Gasteiger partial charge in [-0.1, -0.05) is 0 Å². The van der Waals surface area contributed by atoms with E-state index in [4.69, 9.17) is 0 Å². The van der Waals surface area contributed by atoms with E-state index < -0.39 is 0 Å². The third kappa shape index (κ3) is 1.68. The highest BCUT2D eigenvalue weighted by molar-refractivity contribution is 7.80. The molecule has 0 saturated heterocycles. The predicted molar refractivity (Wildman–Crippen MR) is 60.3 cm³/mol. The summed E-state index contributed by atoms with van der Waals surface area (Å²) in [7, 11) is 0. The van der Waals surface area contributed by atoms with Crippen molar-refractivity contribution in [3.8, 4) is 5.69 Å². The quantitative estimate of drug-likeness (QED) is 0.707. The molecule has 0 atom stereocenters. The Kier molecular flexibility index (Phi) is 2.33. The average Bonchev–Trinajstić information content (AvgIpc) is 2.48. The minimum Gasteiger partial charge on any atom is -0.240 e. The zero-order valence-corrected chi connectivity index (χ0v) is 9.12. The molecule has 0 aliphatic carbocycles. The van der Waals surface area contributed by atoms with Crippen LogP contribution < -0.4 is 0 Å². The maximum absolute atomic E-state index is 4.40. The zero-order valence-electron chi connectivity index (χ0n) is 8.23. The fourth-order valence-corrected chi connectivity index (χ4v) is 1.43. The summed E-state index contributed by atoms with van der Waals surface area (Å²) in [4.78, 5) is 0.967. The van der Waals surface area contributed by atoms with Crippen LogP contribution in [0.15, 0.2) is 35.4 Å². The lowest BCUT2D eigenvalue weighted by atomic mass is 10.3. The van der Waals surface area contributed by atoms with Gasteiger partial charge in [0.25, 0.3) is 0 Å². The van der Waals surface area contributed by atoms with Gasteiger partial charge < -0.3 is 0 Å². The van der Waals surface area contributed by atoms with E-state index in [-0.39, 0.29) is 0 Å². The van der Waals surface area contributed by atoms with Crippen LogP contribution in [0.5, 0.6) is 0 Å². The van der Waals surface area contributed by atoms with Gasteiger partial charge >= 0.3 is 0 Å². The van der Waals surface area contributed by atoms with Crippen LogP contribution >= 0.6 is 12.6 Å². The second-order valence-electron chi connectivity index (χ2n) is 3.36. The molecule has 3 heteroatoms. The van der Waals surface area contributed by atoms with Gasteiger partial charge in [-0.2, -0.15) is 5.10 Å². The minimum atomic E-state index is 0.967. The van der Waals surface area contributed by atoms with Crippen LogP contribution in [0.1, 0.15) is 11.3 Å². The number of nitrogens with zero attached hydrogens (tertiary/aromatic N) is 2. The molecule has 0 bridgehead atoms. The van der Waals surface area contributed by atoms with Gasteiger partial charge in [-0.3, -0.25) is 0 Å². The molecular weight excluding hydrogens is 192 g/mol. The first-order valence-electron chi connectivity index (χ1n) is 4.49. The van der Waals surface area contributed by atoms with Crippen molar-refractivity contribution in [3.63, 3.8) is 0 Å². The lowest BCUT2D eigenvalue weighted by Crippen LogP contribution is -1.93. The minimum absolute atomic E-state index is 0.967. The Hall–Kier alpha value is -1.22. The van der Waals surface area contributed by atoms with Crippen molar-refractivity contribution in [2.24, 2.45) is 0 Å². The first-order chi connectivity index (χ1) is 6.66. The molecule has 2 nitrogen and oxygen atoms in total. The van der Waals surface area contributed by atoms with E-state index in [2.05, 4.69) is 24.7 Å². The Bertz CT molecular complexity index is 423. The van der Waals surface area contributed by atoms with Gasteiger partial charge in [-0.05, 0) is 43.7 Å². The molecule has 2 rings (SSSR count). The van der Waals surface area contributed by atoms with E-state index in [1.165, 1.54) is 5.56 Å². The molecule has 0 saturated carbocycles. The molecule has 0 N–H and O–H groups in total. The Morgan fingerprint density at radius 2 is 1.79 bits per heavy atom. The van der Waals surface area contributed by atoms with E-state index in [1.54, 1.807) is 0 Å². The number of hydrogen-bond donors (Lipinski definition) is 1. The number of aryl methyl sites for hydroxylation is 2. The van der Waals surface area contributed by atoms with E-state index in [9.17, 15) is 0 Å². The van der Waals surface area contributed by atoms with Crippen LogP contribution in [0, 0.1) is 13.8 Å². The maximum atomic E-state index is 4.40. The Morgan fingerprint density at radius 1 is 1.14 bits per heavy atom. The second-order valence-corrected chi connectivity index (χ2v) is 3.87. The number of benzene rings is 1. The maximum Gasteiger partial charge on any atom is 0.0646 e. The topological polar surface area (TPSA) is 17.8 Å². The van der Waals surface area contributed by atoms with Crippen molar-refractivity contribution in [2.45, 2.75) is 18.7 Å². The summed E-state index contributed by atoms with van der Waals surface area (Å²) >= 11 is 4.24. The number of hydrogen-bond acceptors (Lipinski definition) is 2. The molecule has 0 amide bonds. The molecule has 2 aromatic rings. The van der Waals surface area contributed by atoms with Crippen molar-refractivity contribution in [2.75, 3.05) is 0 Å². The van der Waals surface area contributed by atoms with Gasteiger partial charge in [-0.15, -0.1) is 12.6 Å². The normalized spacial score (nSPS) is 10.5. The highest BCUT2D eigenvalue weighted by Gasteiger charge is 2.01. The van der Waals surface area contributed by atoms with Gasteiger partial charge in [0, 0.05) is 11.1 Å². The second kappa shape index (κ2) is 3.50. The molecule has 14 heavy (non-hydrogen) atoms. The molecule has 0 aliphatic rings. The molecule has 0 spiro atoms. The molecule has 1 aromatic carbocycles. The Balaban J connectivity index is 2.44. The van der Waals surface area contributed by atoms with Crippen molar-refractivity contribution < 1.29 is 0 Å². The summed E-state index contributed by atoms with van der Waals surface area (Å²) in [6.07, 6.45) is 2.03. The predicted octanol–water partition coefficient (Wildman–Crippen LogP) is 2.78. The molecule has 72 valence electrons. The molecule has 0 unspecified atom stereocenters. The number of thiol groups is 1. The van der Waals surface area contributed by atoms with Crippen molar-refractivity contribution in [1.29, 1.82) is 0 Å². The molecule has 0 aliphatic heterocycles. The van der Waals surface area contributed by atoms with Crippen LogP contribution in [0.4, 0.5) is 0 Å². The van der Waals surface area contributed by atoms with Gasteiger partial charge in [0.2, 0.25) is 0 Å². The SMILES string of the molecule is Cc1cn(-c2ccc(S)cc2)nc1C. The fourth-order valence-electron chi connectivity index (χ4n) is 1.28. The van der Waals surface area contributed by atoms with Gasteiger partial charge in [0.05, 0.1) is 11.4 Å². The van der Waals surface area contributed by atoms with Gasteiger partial charge in [0.1, 0.15) is 0 Å². The molecule has 1 aromatic heterocycles. The lowest BCUT2D eigenvalue weighted by molar-refractivity contribution is 0.861. The first-order valence-corrected chi connectivity index (χ1v) is 4.94. The van der Waals surface area contributed by atoms with E-state index >= 15 is 0 Å². The fraction of sp³-hybridized carbons (Fsp3) is 0.182. The standard InChI is InChI=1S/C11H12N2S/c1-8-7-13(12-9(8)2)10-3-5-11(14)6-4-10/h3-7,14H,1-2H3. The van der Waals surface area contributed by atoms with Crippen LogP contribution in [-0.2, 0) is 0 Å². The summed E-state index contributed by atoms with van der Waals surface area (Å²) < 4.78 is 1.89. The van der Waals surface area contributed by atoms with Crippen LogP contribution in [0.2, 0.25) is 0 Å². The monoisotopic (exact) mass is 204 g/mol. The highest BCUT2D eigenvalue weighted by atomic mass is 32.1. The van der Waals surface area contributed by atoms with Gasteiger partial charge in [0.15, 0.2) is 0 Å². The summed E-state index contributed by atoms with van der Waals surface area (Å²) in [6, 6.07) is 7.94. The van der Waals surface area contributed by atoms with Crippen LogP contribution in [0.25, 0.3) is 5.69 Å². The van der Waals surface area contributed by atoms with Crippen molar-refractivity contribution >= 4 is 12.6 Å². The Morgan fingerprint density at radius 3 is 2.29 bits per heavy atom. The summed E-state index contributed by atoms with van der Waals surface area (Å²) in [5.74, 6) is 0. The molecular formula is C11H12N2S. The smallest absolute Gasteiger partial charge is 0.0646 e. The lowest BCUT2D eigenvalue weighted by Gasteiger charge is -2.00. The summed E-state index contributed by atoms with van der Waals surface area (Å²) in [5.41, 5.74) is 3.35. The molecule has 0 fully saturated rings. The largest absolute Gasteiger partial charge is 0.240 e. The third-order valence-corrected chi connectivity index (χ3v) is 2.56. The summed E-state index contributed by atoms with van der Waals surface area (Å²) in [5, 5.41) is 4.40. The third-order valence-electron chi connectivity index (χ3n) is 2.26. The van der Waals surface area contributed by atoms with E-state index in [0.29, 0.717) is 0 Å². The van der Waals surface area contributed by atoms with Crippen molar-refractivity contribution in [1.82, 2.24) is 9.78 Å². The number of aromatic nitrogens is 2. The average molecular weight is 204 g/mol. The summed E-state index contributed by atoms with van der Waals surface area (Å²) in [6.45, 7) is 4.07. The first kappa shape index (κ1) is 9.34. The zero-order chi connectivity index (χ0) is 10.1. The Labute approximate surface area is 89.0 Å². The van der Waals surface area contributed by atoms with E-state index in [1.807, 2.05) is 42.1 Å². The van der Waals surface area contributed by atoms with E-state index in [0.717, 1.165) is 16.3 Å². The highest BCUT2D eigenvalue weighted by Crippen LogP contribution is 2.13. The van der Waals surface area contributed by atoms with Crippen LogP contribution in [-0.4, -0.2) is 9.78 Å². The van der Waals surface area contributed by atoms with Crippen LogP contribution in [0.3, 0.4) is 0 Å².